The minimum absolute atomic E-state index is 0.0110. The largest absolute Gasteiger partial charge is 0.372 e. The molecule has 0 amide bonds. The van der Waals surface area contributed by atoms with Crippen LogP contribution in [0.3, 0.4) is 0 Å². The van der Waals surface area contributed by atoms with Crippen molar-refractivity contribution in [3.05, 3.63) is 0 Å². The summed E-state index contributed by atoms with van der Waals surface area (Å²) >= 11 is 0. The summed E-state index contributed by atoms with van der Waals surface area (Å²) < 4.78 is 5.51. The van der Waals surface area contributed by atoms with Gasteiger partial charge in [0.1, 0.15) is 5.60 Å². The van der Waals surface area contributed by atoms with Gasteiger partial charge in [0.15, 0.2) is 0 Å². The van der Waals surface area contributed by atoms with Gasteiger partial charge >= 0.3 is 0 Å². The Morgan fingerprint density at radius 1 is 1.64 bits per heavy atom. The predicted octanol–water partition coefficient (Wildman–Crippen LogP) is 1.09. The monoisotopic (exact) mass is 156 g/mol. The molecule has 0 bridgehead atoms. The first kappa shape index (κ1) is 8.53. The zero-order chi connectivity index (χ0) is 8.48. The van der Waals surface area contributed by atoms with E-state index in [1.165, 1.54) is 0 Å². The standard InChI is InChI=1S/C8H16N2O/c1-4-11-8(3)5-10(6-8)7(2)9/h9H,4-6H2,1-3H3. The Morgan fingerprint density at radius 2 is 2.18 bits per heavy atom. The number of hydrogen-bond donors (Lipinski definition) is 1. The summed E-state index contributed by atoms with van der Waals surface area (Å²) in [5.41, 5.74) is 0.0110. The van der Waals surface area contributed by atoms with Gasteiger partial charge in [0, 0.05) is 19.7 Å². The number of rotatable bonds is 2. The van der Waals surface area contributed by atoms with Crippen LogP contribution in [0.25, 0.3) is 0 Å². The van der Waals surface area contributed by atoms with Gasteiger partial charge in [-0.25, -0.2) is 0 Å². The van der Waals surface area contributed by atoms with Crippen LogP contribution in [-0.4, -0.2) is 36.0 Å². The fraction of sp³-hybridized carbons (Fsp3) is 0.875. The molecule has 0 unspecified atom stereocenters. The van der Waals surface area contributed by atoms with Crippen LogP contribution in [0.1, 0.15) is 20.8 Å². The molecule has 0 aromatic rings. The normalized spacial score (nSPS) is 21.2. The summed E-state index contributed by atoms with van der Waals surface area (Å²) in [5.74, 6) is 0.641. The number of amidine groups is 1. The van der Waals surface area contributed by atoms with Crippen LogP contribution < -0.4 is 0 Å². The number of likely N-dealkylation sites (tertiary alicyclic amines) is 1. The van der Waals surface area contributed by atoms with Crippen LogP contribution in [0.4, 0.5) is 0 Å². The van der Waals surface area contributed by atoms with E-state index >= 15 is 0 Å². The molecule has 3 nitrogen and oxygen atoms in total. The van der Waals surface area contributed by atoms with Gasteiger partial charge in [-0.05, 0) is 20.8 Å². The molecule has 0 radical (unpaired) electrons. The van der Waals surface area contributed by atoms with Crippen molar-refractivity contribution < 1.29 is 4.74 Å². The lowest BCUT2D eigenvalue weighted by Crippen LogP contribution is -2.62. The maximum absolute atomic E-state index is 7.33. The molecular weight excluding hydrogens is 140 g/mol. The molecule has 1 heterocycles. The first-order valence-electron chi connectivity index (χ1n) is 4.01. The van der Waals surface area contributed by atoms with E-state index in [2.05, 4.69) is 6.92 Å². The third kappa shape index (κ3) is 1.71. The first-order chi connectivity index (χ1) is 5.07. The Bertz CT molecular complexity index is 161. The van der Waals surface area contributed by atoms with Crippen molar-refractivity contribution in [3.8, 4) is 0 Å². The molecule has 0 aromatic carbocycles. The van der Waals surface area contributed by atoms with Crippen molar-refractivity contribution in [3.63, 3.8) is 0 Å². The van der Waals surface area contributed by atoms with Gasteiger partial charge in [0.25, 0.3) is 0 Å². The maximum Gasteiger partial charge on any atom is 0.100 e. The molecule has 3 heteroatoms. The SMILES string of the molecule is CCOC1(C)CN(C(C)=N)C1. The Balaban J connectivity index is 2.31. The number of nitrogens with one attached hydrogen (secondary N) is 1. The topological polar surface area (TPSA) is 36.3 Å². The van der Waals surface area contributed by atoms with Gasteiger partial charge in [0.05, 0.1) is 5.84 Å². The van der Waals surface area contributed by atoms with E-state index in [-0.39, 0.29) is 5.60 Å². The minimum Gasteiger partial charge on any atom is -0.372 e. The summed E-state index contributed by atoms with van der Waals surface area (Å²) in [6.45, 7) is 8.42. The van der Waals surface area contributed by atoms with E-state index in [4.69, 9.17) is 10.1 Å². The fourth-order valence-electron chi connectivity index (χ4n) is 1.44. The van der Waals surface area contributed by atoms with Gasteiger partial charge in [-0.3, -0.25) is 5.41 Å². The Hall–Kier alpha value is -0.570. The van der Waals surface area contributed by atoms with E-state index in [0.29, 0.717) is 5.84 Å². The lowest BCUT2D eigenvalue weighted by Gasteiger charge is -2.48. The predicted molar refractivity (Wildman–Crippen MR) is 45.0 cm³/mol. The maximum atomic E-state index is 7.33. The minimum atomic E-state index is 0.0110. The van der Waals surface area contributed by atoms with Crippen LogP contribution in [-0.2, 0) is 4.74 Å². The van der Waals surface area contributed by atoms with E-state index in [0.717, 1.165) is 19.7 Å². The van der Waals surface area contributed by atoms with Crippen molar-refractivity contribution in [2.24, 2.45) is 0 Å². The molecule has 0 aliphatic carbocycles. The van der Waals surface area contributed by atoms with Crippen molar-refractivity contribution in [2.75, 3.05) is 19.7 Å². The molecule has 1 N–H and O–H groups in total. The van der Waals surface area contributed by atoms with E-state index in [1.807, 2.05) is 18.7 Å². The third-order valence-corrected chi connectivity index (χ3v) is 2.02. The lowest BCUT2D eigenvalue weighted by molar-refractivity contribution is -0.104. The molecule has 1 saturated heterocycles. The Morgan fingerprint density at radius 3 is 2.55 bits per heavy atom. The van der Waals surface area contributed by atoms with Crippen LogP contribution in [0, 0.1) is 5.41 Å². The molecule has 11 heavy (non-hydrogen) atoms. The second kappa shape index (κ2) is 2.81. The highest BCUT2D eigenvalue weighted by Gasteiger charge is 2.39. The zero-order valence-electron chi connectivity index (χ0n) is 7.48. The van der Waals surface area contributed by atoms with E-state index in [9.17, 15) is 0 Å². The molecule has 0 saturated carbocycles. The summed E-state index contributed by atoms with van der Waals surface area (Å²) in [4.78, 5) is 2.01. The first-order valence-corrected chi connectivity index (χ1v) is 4.01. The van der Waals surface area contributed by atoms with E-state index < -0.39 is 0 Å². The zero-order valence-corrected chi connectivity index (χ0v) is 7.48. The number of nitrogens with zero attached hydrogens (tertiary/aromatic N) is 1. The molecule has 1 aliphatic rings. The molecular formula is C8H16N2O. The van der Waals surface area contributed by atoms with Crippen LogP contribution in [0.15, 0.2) is 0 Å². The molecule has 0 aromatic heterocycles. The third-order valence-electron chi connectivity index (χ3n) is 2.02. The smallest absolute Gasteiger partial charge is 0.100 e. The van der Waals surface area contributed by atoms with Gasteiger partial charge in [0.2, 0.25) is 0 Å². The van der Waals surface area contributed by atoms with Gasteiger partial charge in [-0.1, -0.05) is 0 Å². The van der Waals surface area contributed by atoms with Crippen molar-refractivity contribution in [2.45, 2.75) is 26.4 Å². The number of hydrogen-bond acceptors (Lipinski definition) is 2. The second-order valence-corrected chi connectivity index (χ2v) is 3.32. The summed E-state index contributed by atoms with van der Waals surface area (Å²) in [7, 11) is 0. The Kier molecular flexibility index (Phi) is 2.18. The summed E-state index contributed by atoms with van der Waals surface area (Å²) in [5, 5.41) is 7.33. The van der Waals surface area contributed by atoms with Gasteiger partial charge in [-0.2, -0.15) is 0 Å². The molecule has 1 rings (SSSR count). The quantitative estimate of drug-likeness (QED) is 0.480. The van der Waals surface area contributed by atoms with Gasteiger partial charge in [-0.15, -0.1) is 0 Å². The number of ether oxygens (including phenoxy) is 1. The van der Waals surface area contributed by atoms with Crippen LogP contribution in [0.5, 0.6) is 0 Å². The fourth-order valence-corrected chi connectivity index (χ4v) is 1.44. The highest BCUT2D eigenvalue weighted by Crippen LogP contribution is 2.24. The molecule has 0 spiro atoms. The summed E-state index contributed by atoms with van der Waals surface area (Å²) in [6.07, 6.45) is 0. The lowest BCUT2D eigenvalue weighted by atomic mass is 9.96. The second-order valence-electron chi connectivity index (χ2n) is 3.32. The van der Waals surface area contributed by atoms with Crippen LogP contribution >= 0.6 is 0 Å². The van der Waals surface area contributed by atoms with Crippen molar-refractivity contribution in [1.29, 1.82) is 5.41 Å². The van der Waals surface area contributed by atoms with Crippen LogP contribution in [0.2, 0.25) is 0 Å². The molecule has 1 aliphatic heterocycles. The highest BCUT2D eigenvalue weighted by atomic mass is 16.5. The van der Waals surface area contributed by atoms with E-state index in [1.54, 1.807) is 0 Å². The van der Waals surface area contributed by atoms with Gasteiger partial charge < -0.3 is 9.64 Å². The van der Waals surface area contributed by atoms with Crippen molar-refractivity contribution >= 4 is 5.84 Å². The van der Waals surface area contributed by atoms with Crippen molar-refractivity contribution in [1.82, 2.24) is 4.90 Å². The summed E-state index contributed by atoms with van der Waals surface area (Å²) in [6, 6.07) is 0. The Labute approximate surface area is 67.8 Å². The molecule has 0 atom stereocenters. The average molecular weight is 156 g/mol. The average Bonchev–Trinajstić information content (AvgIpc) is 1.82. The highest BCUT2D eigenvalue weighted by molar-refractivity contribution is 5.77. The molecule has 64 valence electrons. The molecule has 1 fully saturated rings.